The van der Waals surface area contributed by atoms with Gasteiger partial charge in [-0.1, -0.05) is 32.4 Å². The molecule has 0 spiro atoms. The molecule has 0 fully saturated rings. The fourth-order valence-corrected chi connectivity index (χ4v) is 4.81. The van der Waals surface area contributed by atoms with Gasteiger partial charge in [-0.3, -0.25) is 30.2 Å². The lowest BCUT2D eigenvalue weighted by Crippen LogP contribution is -2.48. The summed E-state index contributed by atoms with van der Waals surface area (Å²) in [5.74, 6) is -1.11. The Bertz CT molecular complexity index is 1130. The van der Waals surface area contributed by atoms with Crippen molar-refractivity contribution in [3.63, 3.8) is 0 Å². The molecule has 1 aliphatic heterocycles. The highest BCUT2D eigenvalue weighted by atomic mass is 79.9. The Labute approximate surface area is 183 Å². The molecule has 0 saturated heterocycles. The highest BCUT2D eigenvalue weighted by molar-refractivity contribution is 9.10. The minimum Gasteiger partial charge on any atom is -0.345 e. The molecule has 30 heavy (non-hydrogen) atoms. The summed E-state index contributed by atoms with van der Waals surface area (Å²) in [6.07, 6.45) is 2.34. The Morgan fingerprint density at radius 1 is 1.27 bits per heavy atom. The predicted molar refractivity (Wildman–Crippen MR) is 115 cm³/mol. The molecule has 1 aromatic carbocycles. The van der Waals surface area contributed by atoms with E-state index in [4.69, 9.17) is 0 Å². The average Bonchev–Trinajstić information content (AvgIpc) is 3.18. The second-order valence-corrected chi connectivity index (χ2v) is 9.57. The molecule has 3 N–H and O–H groups in total. The Hall–Kier alpha value is -2.66. The molecular formula is C19H22BrN5O4S. The molecule has 9 nitrogen and oxygen atoms in total. The van der Waals surface area contributed by atoms with Gasteiger partial charge in [0.1, 0.15) is 17.6 Å². The summed E-state index contributed by atoms with van der Waals surface area (Å²) in [5.41, 5.74) is 5.55. The lowest BCUT2D eigenvalue weighted by Gasteiger charge is -2.19. The predicted octanol–water partition coefficient (Wildman–Crippen LogP) is 1.70. The first-order valence-corrected chi connectivity index (χ1v) is 11.5. The van der Waals surface area contributed by atoms with Gasteiger partial charge in [-0.05, 0) is 40.0 Å². The van der Waals surface area contributed by atoms with Gasteiger partial charge in [0, 0.05) is 23.3 Å². The molecule has 0 radical (unpaired) electrons. The quantitative estimate of drug-likeness (QED) is 0.546. The molecule has 1 aromatic heterocycles. The van der Waals surface area contributed by atoms with Crippen molar-refractivity contribution in [3.8, 4) is 0 Å². The van der Waals surface area contributed by atoms with Crippen molar-refractivity contribution in [1.29, 1.82) is 0 Å². The minimum atomic E-state index is -3.71. The fraction of sp³-hybridized carbons (Fsp3) is 0.316. The number of carbonyl (C=O) groups excluding carboxylic acids is 2. The van der Waals surface area contributed by atoms with E-state index in [9.17, 15) is 18.0 Å². The maximum Gasteiger partial charge on any atom is 0.286 e. The first-order valence-electron chi connectivity index (χ1n) is 9.26. The number of amides is 2. The molecule has 1 aliphatic rings. The number of aryl methyl sites for hydroxylation is 1. The number of hydrazine groups is 1. The highest BCUT2D eigenvalue weighted by Gasteiger charge is 2.33. The number of aliphatic imine (C=N–C) groups is 1. The highest BCUT2D eigenvalue weighted by Crippen LogP contribution is 2.24. The van der Waals surface area contributed by atoms with Gasteiger partial charge in [-0.15, -0.1) is 0 Å². The average molecular weight is 496 g/mol. The van der Waals surface area contributed by atoms with Gasteiger partial charge in [-0.25, -0.2) is 8.42 Å². The number of sulfonamides is 1. The summed E-state index contributed by atoms with van der Waals surface area (Å²) in [5, 5.41) is 0. The van der Waals surface area contributed by atoms with E-state index < -0.39 is 27.9 Å². The lowest BCUT2D eigenvalue weighted by atomic mass is 9.99. The first kappa shape index (κ1) is 22.0. The van der Waals surface area contributed by atoms with Gasteiger partial charge in [0.15, 0.2) is 0 Å². The van der Waals surface area contributed by atoms with Crippen LogP contribution in [0.3, 0.4) is 0 Å². The van der Waals surface area contributed by atoms with Crippen molar-refractivity contribution >= 4 is 43.6 Å². The summed E-state index contributed by atoms with van der Waals surface area (Å²) in [6.45, 7) is 3.73. The van der Waals surface area contributed by atoms with E-state index in [1.54, 1.807) is 42.1 Å². The first-order chi connectivity index (χ1) is 14.1. The molecule has 0 aliphatic carbocycles. The van der Waals surface area contributed by atoms with E-state index in [-0.39, 0.29) is 16.6 Å². The maximum atomic E-state index is 12.8. The summed E-state index contributed by atoms with van der Waals surface area (Å²) >= 11 is 3.29. The molecule has 2 heterocycles. The van der Waals surface area contributed by atoms with E-state index in [0.29, 0.717) is 17.7 Å². The van der Waals surface area contributed by atoms with Crippen molar-refractivity contribution in [2.24, 2.45) is 18.0 Å². The largest absolute Gasteiger partial charge is 0.345 e. The Morgan fingerprint density at radius 3 is 2.60 bits per heavy atom. The molecule has 2 aromatic rings. The normalized spacial score (nSPS) is 17.7. The molecule has 2 atom stereocenters. The fourth-order valence-electron chi connectivity index (χ4n) is 3.04. The molecule has 0 saturated carbocycles. The van der Waals surface area contributed by atoms with E-state index in [1.807, 2.05) is 13.8 Å². The monoisotopic (exact) mass is 495 g/mol. The Kier molecular flexibility index (Phi) is 6.32. The van der Waals surface area contributed by atoms with Gasteiger partial charge in [0.05, 0.1) is 4.90 Å². The van der Waals surface area contributed by atoms with Crippen molar-refractivity contribution in [1.82, 2.24) is 20.1 Å². The number of benzene rings is 1. The summed E-state index contributed by atoms with van der Waals surface area (Å²) in [4.78, 5) is 29.7. The van der Waals surface area contributed by atoms with E-state index in [0.717, 1.165) is 4.47 Å². The van der Waals surface area contributed by atoms with Gasteiger partial charge < -0.3 is 4.57 Å². The van der Waals surface area contributed by atoms with Gasteiger partial charge >= 0.3 is 0 Å². The van der Waals surface area contributed by atoms with Crippen molar-refractivity contribution in [2.45, 2.75) is 31.2 Å². The Balaban J connectivity index is 1.81. The molecule has 160 valence electrons. The third-order valence-corrected chi connectivity index (χ3v) is 6.72. The molecule has 11 heteroatoms. The number of halogens is 1. The summed E-state index contributed by atoms with van der Waals surface area (Å²) in [7, 11) is -2.00. The molecule has 0 bridgehead atoms. The third-order valence-electron chi connectivity index (χ3n) is 4.89. The number of nitrogens with zero attached hydrogens (tertiary/aromatic N) is 2. The van der Waals surface area contributed by atoms with E-state index in [2.05, 4.69) is 36.5 Å². The number of amidine groups is 1. The minimum absolute atomic E-state index is 0.115. The standard InChI is InChI=1S/C19H22BrN5O4S/c1-4-11(2)16(19(27)23-22-18(26)14-9-12(20)10-25(14)3)21-17-13-7-5-6-8-15(13)30(28,29)24-17/h5-11,16H,4H2,1-3H3,(H,21,24)(H,22,26)(H,23,27)/t11-,16-/m0/s1. The lowest BCUT2D eigenvalue weighted by molar-refractivity contribution is -0.124. The zero-order valence-corrected chi connectivity index (χ0v) is 19.0. The second-order valence-electron chi connectivity index (χ2n) is 7.01. The number of hydrogen-bond acceptors (Lipinski definition) is 5. The van der Waals surface area contributed by atoms with Gasteiger partial charge in [-0.2, -0.15) is 0 Å². The van der Waals surface area contributed by atoms with Crippen molar-refractivity contribution < 1.29 is 18.0 Å². The zero-order chi connectivity index (χ0) is 22.1. The van der Waals surface area contributed by atoms with Crippen LogP contribution in [0, 0.1) is 5.92 Å². The topological polar surface area (TPSA) is 122 Å². The van der Waals surface area contributed by atoms with Crippen molar-refractivity contribution in [2.75, 3.05) is 0 Å². The molecule has 0 unspecified atom stereocenters. The van der Waals surface area contributed by atoms with Crippen LogP contribution in [0.2, 0.25) is 0 Å². The number of hydrogen-bond donors (Lipinski definition) is 3. The van der Waals surface area contributed by atoms with Crippen LogP contribution in [0.1, 0.15) is 36.3 Å². The van der Waals surface area contributed by atoms with Crippen LogP contribution in [0.25, 0.3) is 0 Å². The van der Waals surface area contributed by atoms with Crippen LogP contribution >= 0.6 is 15.9 Å². The zero-order valence-electron chi connectivity index (χ0n) is 16.6. The van der Waals surface area contributed by atoms with Gasteiger partial charge in [0.25, 0.3) is 21.8 Å². The second kappa shape index (κ2) is 8.60. The van der Waals surface area contributed by atoms with Crippen molar-refractivity contribution in [3.05, 3.63) is 52.3 Å². The number of rotatable bonds is 5. The van der Waals surface area contributed by atoms with Crippen LogP contribution < -0.4 is 15.6 Å². The molecule has 2 amide bonds. The SMILES string of the molecule is CC[C@H](C)[C@H](N=C1NS(=O)(=O)c2ccccc21)C(=O)NNC(=O)c1cc(Br)cn1C. The van der Waals surface area contributed by atoms with E-state index >= 15 is 0 Å². The molecular weight excluding hydrogens is 474 g/mol. The van der Waals surface area contributed by atoms with Crippen LogP contribution in [-0.4, -0.2) is 36.7 Å². The van der Waals surface area contributed by atoms with Crippen LogP contribution in [0.15, 0.2) is 50.9 Å². The number of nitrogens with one attached hydrogen (secondary N) is 3. The number of carbonyl (C=O) groups is 2. The van der Waals surface area contributed by atoms with Crippen LogP contribution in [0.5, 0.6) is 0 Å². The summed E-state index contributed by atoms with van der Waals surface area (Å²) < 4.78 is 29.4. The number of fused-ring (bicyclic) bond motifs is 1. The number of aromatic nitrogens is 1. The Morgan fingerprint density at radius 2 is 1.97 bits per heavy atom. The van der Waals surface area contributed by atoms with Gasteiger partial charge in [0.2, 0.25) is 0 Å². The molecule has 3 rings (SSSR count). The summed E-state index contributed by atoms with van der Waals surface area (Å²) in [6, 6.07) is 7.16. The van der Waals surface area contributed by atoms with Crippen LogP contribution in [0.4, 0.5) is 0 Å². The maximum absolute atomic E-state index is 12.8. The van der Waals surface area contributed by atoms with E-state index in [1.165, 1.54) is 6.07 Å². The smallest absolute Gasteiger partial charge is 0.286 e. The van der Waals surface area contributed by atoms with Crippen LogP contribution in [-0.2, 0) is 21.9 Å². The third kappa shape index (κ3) is 4.41.